The summed E-state index contributed by atoms with van der Waals surface area (Å²) in [7, 11) is 1.51. The minimum atomic E-state index is -0.551. The molecule has 0 radical (unpaired) electrons. The third-order valence-corrected chi connectivity index (χ3v) is 5.31. The summed E-state index contributed by atoms with van der Waals surface area (Å²) in [5.74, 6) is -2.28. The van der Waals surface area contributed by atoms with Crippen molar-refractivity contribution in [2.24, 2.45) is 5.92 Å². The van der Waals surface area contributed by atoms with E-state index in [0.29, 0.717) is 26.0 Å². The Morgan fingerprint density at radius 2 is 2.06 bits per heavy atom. The molecule has 1 heterocycles. The van der Waals surface area contributed by atoms with Crippen molar-refractivity contribution in [3.63, 3.8) is 0 Å². The molecule has 1 fully saturated rings. The van der Waals surface area contributed by atoms with Gasteiger partial charge in [-0.05, 0) is 38.0 Å². The van der Waals surface area contributed by atoms with E-state index >= 15 is 0 Å². The maximum atomic E-state index is 13.1. The van der Waals surface area contributed by atoms with Gasteiger partial charge in [0.05, 0.1) is 29.7 Å². The van der Waals surface area contributed by atoms with Crippen molar-refractivity contribution in [2.75, 3.05) is 39.8 Å². The molecule has 1 N–H and O–H groups in total. The van der Waals surface area contributed by atoms with Crippen molar-refractivity contribution in [1.29, 1.82) is 0 Å². The molecule has 1 aromatic rings. The highest BCUT2D eigenvalue weighted by molar-refractivity contribution is 6.33. The number of piperidine rings is 1. The smallest absolute Gasteiger partial charge is 0.310 e. The van der Waals surface area contributed by atoms with E-state index in [1.807, 2.05) is 0 Å². The fourth-order valence-corrected chi connectivity index (χ4v) is 3.54. The molecule has 0 aliphatic carbocycles. The van der Waals surface area contributed by atoms with Crippen molar-refractivity contribution < 1.29 is 28.3 Å². The molecule has 8 nitrogen and oxygen atoms in total. The second-order valence-corrected chi connectivity index (χ2v) is 7.72. The maximum absolute atomic E-state index is 13.1. The molecule has 0 saturated carbocycles. The normalized spacial score (nSPS) is 15.9. The van der Waals surface area contributed by atoms with Gasteiger partial charge in [0, 0.05) is 33.1 Å². The van der Waals surface area contributed by atoms with Crippen LogP contribution >= 0.6 is 11.6 Å². The number of carbonyl (C=O) groups is 4. The summed E-state index contributed by atoms with van der Waals surface area (Å²) in [5, 5.41) is 2.53. The lowest BCUT2D eigenvalue weighted by atomic mass is 9.98. The molecular weight excluding hydrogens is 429 g/mol. The van der Waals surface area contributed by atoms with Gasteiger partial charge in [-0.2, -0.15) is 0 Å². The topological polar surface area (TPSA) is 96.0 Å². The first-order valence-corrected chi connectivity index (χ1v) is 10.5. The molecule has 1 saturated heterocycles. The Balaban J connectivity index is 1.77. The van der Waals surface area contributed by atoms with Crippen LogP contribution < -0.4 is 5.32 Å². The van der Waals surface area contributed by atoms with Crippen LogP contribution in [0.4, 0.5) is 4.39 Å². The monoisotopic (exact) mass is 455 g/mol. The lowest BCUT2D eigenvalue weighted by Crippen LogP contribution is -2.47. The SMILES string of the molecule is CCOC(=O)C1CCCN(C(=O)CN(C)C(=O)CCNC(=O)c2ccc(F)cc2Cl)C1. The summed E-state index contributed by atoms with van der Waals surface area (Å²) in [5.41, 5.74) is 0.111. The average Bonchev–Trinajstić information content (AvgIpc) is 2.73. The lowest BCUT2D eigenvalue weighted by molar-refractivity contribution is -0.152. The number of likely N-dealkylation sites (N-methyl/N-ethyl adjacent to an activating group) is 1. The highest BCUT2D eigenvalue weighted by atomic mass is 35.5. The molecule has 3 amide bonds. The number of carbonyl (C=O) groups excluding carboxylic acids is 4. The Morgan fingerprint density at radius 3 is 2.74 bits per heavy atom. The Morgan fingerprint density at radius 1 is 1.32 bits per heavy atom. The quantitative estimate of drug-likeness (QED) is 0.603. The van der Waals surface area contributed by atoms with Gasteiger partial charge >= 0.3 is 5.97 Å². The Bertz CT molecular complexity index is 835. The summed E-state index contributed by atoms with van der Waals surface area (Å²) in [6, 6.07) is 3.42. The highest BCUT2D eigenvalue weighted by Gasteiger charge is 2.30. The van der Waals surface area contributed by atoms with Crippen LogP contribution in [0, 0.1) is 11.7 Å². The first-order valence-electron chi connectivity index (χ1n) is 10.1. The van der Waals surface area contributed by atoms with Crippen LogP contribution in [0.15, 0.2) is 18.2 Å². The zero-order valence-corrected chi connectivity index (χ0v) is 18.4. The van der Waals surface area contributed by atoms with Crippen molar-refractivity contribution in [2.45, 2.75) is 26.2 Å². The van der Waals surface area contributed by atoms with Crippen LogP contribution in [0.1, 0.15) is 36.5 Å². The van der Waals surface area contributed by atoms with Crippen LogP contribution in [-0.4, -0.2) is 73.3 Å². The molecule has 0 bridgehead atoms. The molecule has 1 aromatic carbocycles. The van der Waals surface area contributed by atoms with E-state index in [1.165, 1.54) is 18.0 Å². The average molecular weight is 456 g/mol. The number of amides is 3. The molecular formula is C21H27ClFN3O5. The van der Waals surface area contributed by atoms with E-state index in [0.717, 1.165) is 12.1 Å². The van der Waals surface area contributed by atoms with Crippen LogP contribution in [0.25, 0.3) is 0 Å². The van der Waals surface area contributed by atoms with E-state index < -0.39 is 11.7 Å². The zero-order valence-electron chi connectivity index (χ0n) is 17.7. The molecule has 1 aliphatic rings. The molecule has 2 rings (SSSR count). The number of halogens is 2. The predicted octanol–water partition coefficient (Wildman–Crippen LogP) is 1.86. The van der Waals surface area contributed by atoms with Gasteiger partial charge in [0.2, 0.25) is 11.8 Å². The standard InChI is InChI=1S/C21H27ClFN3O5/c1-3-31-21(30)14-5-4-10-26(12-14)19(28)13-25(2)18(27)8-9-24-20(29)16-7-6-15(23)11-17(16)22/h6-7,11,14H,3-5,8-10,12-13H2,1-2H3,(H,24,29). The number of ether oxygens (including phenoxy) is 1. The fourth-order valence-electron chi connectivity index (χ4n) is 3.29. The number of esters is 1. The molecule has 0 spiro atoms. The number of hydrogen-bond donors (Lipinski definition) is 1. The van der Waals surface area contributed by atoms with Gasteiger partial charge in [-0.1, -0.05) is 11.6 Å². The maximum Gasteiger partial charge on any atom is 0.310 e. The molecule has 1 aliphatic heterocycles. The first-order chi connectivity index (χ1) is 14.7. The summed E-state index contributed by atoms with van der Waals surface area (Å²) >= 11 is 5.85. The van der Waals surface area contributed by atoms with Crippen molar-refractivity contribution >= 4 is 35.3 Å². The molecule has 1 unspecified atom stereocenters. The van der Waals surface area contributed by atoms with Gasteiger partial charge in [0.15, 0.2) is 0 Å². The number of rotatable bonds is 8. The fraction of sp³-hybridized carbons (Fsp3) is 0.524. The Labute approximate surface area is 185 Å². The zero-order chi connectivity index (χ0) is 23.0. The summed E-state index contributed by atoms with van der Waals surface area (Å²) in [6.45, 7) is 2.77. The van der Waals surface area contributed by atoms with Crippen LogP contribution in [-0.2, 0) is 19.1 Å². The van der Waals surface area contributed by atoms with E-state index in [-0.39, 0.29) is 60.3 Å². The van der Waals surface area contributed by atoms with Crippen LogP contribution in [0.5, 0.6) is 0 Å². The molecule has 1 atom stereocenters. The number of nitrogens with one attached hydrogen (secondary N) is 1. The van der Waals surface area contributed by atoms with Gasteiger partial charge in [0.25, 0.3) is 5.91 Å². The Hall–Kier alpha value is -2.68. The van der Waals surface area contributed by atoms with Crippen molar-refractivity contribution in [1.82, 2.24) is 15.1 Å². The number of hydrogen-bond acceptors (Lipinski definition) is 5. The third kappa shape index (κ3) is 7.20. The highest BCUT2D eigenvalue weighted by Crippen LogP contribution is 2.19. The minimum Gasteiger partial charge on any atom is -0.466 e. The number of benzene rings is 1. The summed E-state index contributed by atoms with van der Waals surface area (Å²) in [6.07, 6.45) is 1.36. The second kappa shape index (κ2) is 11.6. The van der Waals surface area contributed by atoms with Gasteiger partial charge < -0.3 is 19.9 Å². The van der Waals surface area contributed by atoms with Gasteiger partial charge in [-0.3, -0.25) is 19.2 Å². The Kier molecular flexibility index (Phi) is 9.23. The molecule has 170 valence electrons. The van der Waals surface area contributed by atoms with E-state index in [4.69, 9.17) is 16.3 Å². The first kappa shape index (κ1) is 24.6. The van der Waals surface area contributed by atoms with Gasteiger partial charge in [0.1, 0.15) is 5.82 Å². The van der Waals surface area contributed by atoms with E-state index in [9.17, 15) is 23.6 Å². The molecule has 0 aromatic heterocycles. The van der Waals surface area contributed by atoms with Gasteiger partial charge in [-0.25, -0.2) is 4.39 Å². The largest absolute Gasteiger partial charge is 0.466 e. The molecule has 10 heteroatoms. The summed E-state index contributed by atoms with van der Waals surface area (Å²) < 4.78 is 18.1. The number of nitrogens with zero attached hydrogens (tertiary/aromatic N) is 2. The van der Waals surface area contributed by atoms with Crippen molar-refractivity contribution in [3.05, 3.63) is 34.6 Å². The van der Waals surface area contributed by atoms with E-state index in [1.54, 1.807) is 11.8 Å². The van der Waals surface area contributed by atoms with Gasteiger partial charge in [-0.15, -0.1) is 0 Å². The number of likely N-dealkylation sites (tertiary alicyclic amines) is 1. The minimum absolute atomic E-state index is 0.0141. The lowest BCUT2D eigenvalue weighted by Gasteiger charge is -2.32. The van der Waals surface area contributed by atoms with Crippen molar-refractivity contribution in [3.8, 4) is 0 Å². The van der Waals surface area contributed by atoms with E-state index in [2.05, 4.69) is 5.32 Å². The van der Waals surface area contributed by atoms with Crippen LogP contribution in [0.2, 0.25) is 5.02 Å². The van der Waals surface area contributed by atoms with Crippen LogP contribution in [0.3, 0.4) is 0 Å². The second-order valence-electron chi connectivity index (χ2n) is 7.31. The molecule has 31 heavy (non-hydrogen) atoms. The predicted molar refractivity (Wildman–Crippen MR) is 112 cm³/mol. The summed E-state index contributed by atoms with van der Waals surface area (Å²) in [4.78, 5) is 51.7. The third-order valence-electron chi connectivity index (χ3n) is 4.99.